The van der Waals surface area contributed by atoms with E-state index in [0.717, 1.165) is 19.6 Å². The Morgan fingerprint density at radius 2 is 2.23 bits per heavy atom. The van der Waals surface area contributed by atoms with E-state index in [-0.39, 0.29) is 18.1 Å². The van der Waals surface area contributed by atoms with Gasteiger partial charge in [0.05, 0.1) is 30.9 Å². The van der Waals surface area contributed by atoms with Gasteiger partial charge in [-0.2, -0.15) is 0 Å². The molecule has 3 rings (SSSR count). The van der Waals surface area contributed by atoms with Crippen molar-refractivity contribution in [2.75, 3.05) is 40.4 Å². The van der Waals surface area contributed by atoms with E-state index in [1.807, 2.05) is 4.90 Å². The summed E-state index contributed by atoms with van der Waals surface area (Å²) in [6.07, 6.45) is 1.07. The van der Waals surface area contributed by atoms with Gasteiger partial charge in [-0.05, 0) is 25.6 Å². The standard InChI is InChI=1S/C16H21ClN2O3/c1-18-8-9-22-13-6-7-19(10-12(13)18)16(20)15-11(17)4-3-5-14(15)21-2/h3-5,12-13H,6-10H2,1-2H3/t12-,13-/m1/s1. The summed E-state index contributed by atoms with van der Waals surface area (Å²) in [6.45, 7) is 3.01. The van der Waals surface area contributed by atoms with Crippen LogP contribution in [0.15, 0.2) is 18.2 Å². The number of piperidine rings is 1. The van der Waals surface area contributed by atoms with E-state index in [2.05, 4.69) is 11.9 Å². The summed E-state index contributed by atoms with van der Waals surface area (Å²) in [7, 11) is 3.64. The molecule has 0 radical (unpaired) electrons. The van der Waals surface area contributed by atoms with E-state index in [1.54, 1.807) is 25.3 Å². The molecule has 1 aromatic carbocycles. The molecule has 2 saturated heterocycles. The maximum atomic E-state index is 12.9. The zero-order valence-electron chi connectivity index (χ0n) is 12.9. The van der Waals surface area contributed by atoms with Crippen LogP contribution in [0.25, 0.3) is 0 Å². The zero-order valence-corrected chi connectivity index (χ0v) is 13.7. The Balaban J connectivity index is 1.81. The summed E-state index contributed by atoms with van der Waals surface area (Å²) in [5, 5.41) is 0.430. The second-order valence-electron chi connectivity index (χ2n) is 5.81. The molecule has 2 aliphatic heterocycles. The second kappa shape index (κ2) is 6.44. The van der Waals surface area contributed by atoms with Crippen LogP contribution in [0.4, 0.5) is 0 Å². The fourth-order valence-electron chi connectivity index (χ4n) is 3.27. The number of halogens is 1. The summed E-state index contributed by atoms with van der Waals surface area (Å²) in [5.41, 5.74) is 0.449. The van der Waals surface area contributed by atoms with Crippen LogP contribution in [0.1, 0.15) is 16.8 Å². The van der Waals surface area contributed by atoms with Crippen molar-refractivity contribution in [2.24, 2.45) is 0 Å². The molecular formula is C16H21ClN2O3. The summed E-state index contributed by atoms with van der Waals surface area (Å²) in [4.78, 5) is 17.0. The van der Waals surface area contributed by atoms with E-state index < -0.39 is 0 Å². The van der Waals surface area contributed by atoms with Crippen molar-refractivity contribution in [1.82, 2.24) is 9.80 Å². The lowest BCUT2D eigenvalue weighted by molar-refractivity contribution is -0.0893. The molecule has 0 spiro atoms. The minimum atomic E-state index is -0.0696. The maximum Gasteiger partial charge on any atom is 0.259 e. The lowest BCUT2D eigenvalue weighted by Gasteiger charge is -2.45. The number of benzene rings is 1. The van der Waals surface area contributed by atoms with Crippen molar-refractivity contribution in [2.45, 2.75) is 18.6 Å². The van der Waals surface area contributed by atoms with Crippen LogP contribution in [-0.4, -0.2) is 68.3 Å². The number of carbonyl (C=O) groups is 1. The predicted octanol–water partition coefficient (Wildman–Crippen LogP) is 1.89. The summed E-state index contributed by atoms with van der Waals surface area (Å²) < 4.78 is 11.1. The molecule has 120 valence electrons. The molecule has 0 bridgehead atoms. The summed E-state index contributed by atoms with van der Waals surface area (Å²) in [5.74, 6) is 0.452. The van der Waals surface area contributed by atoms with Crippen LogP contribution in [0, 0.1) is 0 Å². The Morgan fingerprint density at radius 3 is 3.00 bits per heavy atom. The number of ether oxygens (including phenoxy) is 2. The molecule has 0 saturated carbocycles. The van der Waals surface area contributed by atoms with Gasteiger partial charge in [0.15, 0.2) is 0 Å². The normalized spacial score (nSPS) is 25.7. The molecule has 6 heteroatoms. The topological polar surface area (TPSA) is 42.0 Å². The Morgan fingerprint density at radius 1 is 1.41 bits per heavy atom. The van der Waals surface area contributed by atoms with Crippen LogP contribution in [0.5, 0.6) is 5.75 Å². The monoisotopic (exact) mass is 324 g/mol. The lowest BCUT2D eigenvalue weighted by Crippen LogP contribution is -2.59. The lowest BCUT2D eigenvalue weighted by atomic mass is 9.98. The molecule has 0 aliphatic carbocycles. The molecule has 0 aromatic heterocycles. The molecule has 2 heterocycles. The van der Waals surface area contributed by atoms with Crippen LogP contribution in [-0.2, 0) is 4.74 Å². The largest absolute Gasteiger partial charge is 0.496 e. The van der Waals surface area contributed by atoms with Gasteiger partial charge in [-0.25, -0.2) is 0 Å². The van der Waals surface area contributed by atoms with E-state index in [4.69, 9.17) is 21.1 Å². The van der Waals surface area contributed by atoms with Gasteiger partial charge in [-0.3, -0.25) is 9.69 Å². The Kier molecular flexibility index (Phi) is 4.57. The van der Waals surface area contributed by atoms with E-state index in [9.17, 15) is 4.79 Å². The number of morpholine rings is 1. The highest BCUT2D eigenvalue weighted by Gasteiger charge is 2.37. The van der Waals surface area contributed by atoms with Crippen molar-refractivity contribution in [3.63, 3.8) is 0 Å². The number of carbonyl (C=O) groups excluding carboxylic acids is 1. The number of hydrogen-bond acceptors (Lipinski definition) is 4. The molecule has 1 aromatic rings. The van der Waals surface area contributed by atoms with Gasteiger partial charge in [0.2, 0.25) is 0 Å². The van der Waals surface area contributed by atoms with Crippen LogP contribution >= 0.6 is 11.6 Å². The third-order valence-corrected chi connectivity index (χ3v) is 4.87. The molecule has 0 unspecified atom stereocenters. The third-order valence-electron chi connectivity index (χ3n) is 4.56. The molecular weight excluding hydrogens is 304 g/mol. The fourth-order valence-corrected chi connectivity index (χ4v) is 3.51. The van der Waals surface area contributed by atoms with E-state index in [0.29, 0.717) is 29.4 Å². The highest BCUT2D eigenvalue weighted by atomic mass is 35.5. The summed E-state index contributed by atoms with van der Waals surface area (Å²) >= 11 is 6.23. The molecule has 2 aliphatic rings. The van der Waals surface area contributed by atoms with E-state index in [1.165, 1.54) is 0 Å². The summed E-state index contributed by atoms with van der Waals surface area (Å²) in [6, 6.07) is 5.52. The first-order chi connectivity index (χ1) is 10.6. The molecule has 5 nitrogen and oxygen atoms in total. The van der Waals surface area contributed by atoms with Gasteiger partial charge in [0, 0.05) is 19.6 Å². The maximum absolute atomic E-state index is 12.9. The van der Waals surface area contributed by atoms with Gasteiger partial charge in [0.25, 0.3) is 5.91 Å². The highest BCUT2D eigenvalue weighted by molar-refractivity contribution is 6.34. The van der Waals surface area contributed by atoms with Crippen molar-refractivity contribution >= 4 is 17.5 Å². The van der Waals surface area contributed by atoms with Crippen LogP contribution < -0.4 is 4.74 Å². The smallest absolute Gasteiger partial charge is 0.259 e. The number of methoxy groups -OCH3 is 1. The molecule has 2 fully saturated rings. The molecule has 22 heavy (non-hydrogen) atoms. The number of fused-ring (bicyclic) bond motifs is 1. The van der Waals surface area contributed by atoms with Gasteiger partial charge in [-0.1, -0.05) is 17.7 Å². The van der Waals surface area contributed by atoms with Crippen molar-refractivity contribution < 1.29 is 14.3 Å². The van der Waals surface area contributed by atoms with Crippen molar-refractivity contribution in [3.05, 3.63) is 28.8 Å². The number of hydrogen-bond donors (Lipinski definition) is 0. The molecule has 2 atom stereocenters. The zero-order chi connectivity index (χ0) is 15.7. The van der Waals surface area contributed by atoms with Gasteiger partial charge in [-0.15, -0.1) is 0 Å². The second-order valence-corrected chi connectivity index (χ2v) is 6.22. The first-order valence-corrected chi connectivity index (χ1v) is 7.93. The fraction of sp³-hybridized carbons (Fsp3) is 0.562. The quantitative estimate of drug-likeness (QED) is 0.833. The van der Waals surface area contributed by atoms with Crippen LogP contribution in [0.2, 0.25) is 5.02 Å². The SMILES string of the molecule is COc1cccc(Cl)c1C(=O)N1CC[C@H]2OCCN(C)[C@@H]2C1. The number of likely N-dealkylation sites (N-methyl/N-ethyl adjacent to an activating group) is 1. The van der Waals surface area contributed by atoms with Gasteiger partial charge in [0.1, 0.15) is 11.3 Å². The number of rotatable bonds is 2. The average Bonchev–Trinajstić information content (AvgIpc) is 2.54. The Hall–Kier alpha value is -1.30. The number of amides is 1. The molecule has 1 amide bonds. The average molecular weight is 325 g/mol. The molecule has 0 N–H and O–H groups in total. The first-order valence-electron chi connectivity index (χ1n) is 7.55. The minimum absolute atomic E-state index is 0.0696. The minimum Gasteiger partial charge on any atom is -0.496 e. The first kappa shape index (κ1) is 15.6. The van der Waals surface area contributed by atoms with Gasteiger partial charge < -0.3 is 14.4 Å². The van der Waals surface area contributed by atoms with Crippen molar-refractivity contribution in [1.29, 1.82) is 0 Å². The Bertz CT molecular complexity index is 566. The van der Waals surface area contributed by atoms with Crippen molar-refractivity contribution in [3.8, 4) is 5.75 Å². The number of likely N-dealkylation sites (tertiary alicyclic amines) is 1. The third kappa shape index (κ3) is 2.81. The highest BCUT2D eigenvalue weighted by Crippen LogP contribution is 2.30. The predicted molar refractivity (Wildman–Crippen MR) is 84.7 cm³/mol. The Labute approximate surface area is 135 Å². The van der Waals surface area contributed by atoms with Gasteiger partial charge >= 0.3 is 0 Å². The van der Waals surface area contributed by atoms with E-state index >= 15 is 0 Å². The number of nitrogens with zero attached hydrogens (tertiary/aromatic N) is 2. The van der Waals surface area contributed by atoms with Crippen LogP contribution in [0.3, 0.4) is 0 Å².